The lowest BCUT2D eigenvalue weighted by atomic mass is 9.93. The van der Waals surface area contributed by atoms with Crippen molar-refractivity contribution in [2.45, 2.75) is 50.6 Å². The molecule has 3 nitrogen and oxygen atoms in total. The average Bonchev–Trinajstić information content (AvgIpc) is 2.78. The van der Waals surface area contributed by atoms with Crippen LogP contribution in [0.15, 0.2) is 18.2 Å². The third-order valence-electron chi connectivity index (χ3n) is 4.08. The maximum atomic E-state index is 6.44. The standard InChI is InChI=1S/C16H20Cl2N2O/c1-10(17)15-19-13-6-4-5-12(18)14(13)20(15)11-7-8-21-16(2,3)9-11/h4-6,10-11H,7-9H2,1-3H3. The van der Waals surface area contributed by atoms with Crippen LogP contribution in [0.1, 0.15) is 50.9 Å². The second kappa shape index (κ2) is 5.45. The normalized spacial score (nSPS) is 23.4. The summed E-state index contributed by atoms with van der Waals surface area (Å²) in [5.74, 6) is 0.891. The molecule has 0 N–H and O–H groups in total. The molecule has 21 heavy (non-hydrogen) atoms. The molecule has 1 aliphatic rings. The van der Waals surface area contributed by atoms with Gasteiger partial charge in [-0.15, -0.1) is 11.6 Å². The first-order chi connectivity index (χ1) is 9.89. The van der Waals surface area contributed by atoms with Crippen molar-refractivity contribution in [3.8, 4) is 0 Å². The van der Waals surface area contributed by atoms with Crippen molar-refractivity contribution in [2.75, 3.05) is 6.61 Å². The van der Waals surface area contributed by atoms with Crippen LogP contribution < -0.4 is 0 Å². The highest BCUT2D eigenvalue weighted by atomic mass is 35.5. The third-order valence-corrected chi connectivity index (χ3v) is 4.58. The molecule has 1 fully saturated rings. The molecule has 0 saturated carbocycles. The number of nitrogens with zero attached hydrogens (tertiary/aromatic N) is 2. The zero-order valence-electron chi connectivity index (χ0n) is 12.6. The molecule has 3 rings (SSSR count). The quantitative estimate of drug-likeness (QED) is 0.716. The van der Waals surface area contributed by atoms with Crippen molar-refractivity contribution in [3.05, 3.63) is 29.0 Å². The van der Waals surface area contributed by atoms with E-state index in [9.17, 15) is 0 Å². The van der Waals surface area contributed by atoms with Gasteiger partial charge in [-0.05, 0) is 45.7 Å². The van der Waals surface area contributed by atoms with Gasteiger partial charge in [0.05, 0.1) is 27.0 Å². The van der Waals surface area contributed by atoms with E-state index in [0.29, 0.717) is 6.04 Å². The van der Waals surface area contributed by atoms with Gasteiger partial charge in [-0.3, -0.25) is 0 Å². The zero-order chi connectivity index (χ0) is 15.2. The molecule has 1 aromatic carbocycles. The van der Waals surface area contributed by atoms with E-state index in [1.54, 1.807) is 0 Å². The van der Waals surface area contributed by atoms with Crippen molar-refractivity contribution < 1.29 is 4.74 Å². The zero-order valence-corrected chi connectivity index (χ0v) is 14.1. The summed E-state index contributed by atoms with van der Waals surface area (Å²) in [4.78, 5) is 4.70. The van der Waals surface area contributed by atoms with E-state index in [1.807, 2.05) is 25.1 Å². The molecule has 0 aliphatic carbocycles. The highest BCUT2D eigenvalue weighted by molar-refractivity contribution is 6.35. The van der Waals surface area contributed by atoms with Crippen molar-refractivity contribution >= 4 is 34.2 Å². The van der Waals surface area contributed by atoms with Crippen LogP contribution in [0.5, 0.6) is 0 Å². The predicted molar refractivity (Wildman–Crippen MR) is 87.3 cm³/mol. The van der Waals surface area contributed by atoms with Crippen LogP contribution in [0, 0.1) is 0 Å². The molecule has 114 valence electrons. The molecule has 2 unspecified atom stereocenters. The molecule has 2 atom stereocenters. The van der Waals surface area contributed by atoms with E-state index in [2.05, 4.69) is 18.4 Å². The predicted octanol–water partition coefficient (Wildman–Crippen LogP) is 5.12. The molecule has 0 bridgehead atoms. The van der Waals surface area contributed by atoms with E-state index >= 15 is 0 Å². The number of fused-ring (bicyclic) bond motifs is 1. The number of alkyl halides is 1. The number of para-hydroxylation sites is 1. The van der Waals surface area contributed by atoms with Gasteiger partial charge in [-0.2, -0.15) is 0 Å². The molecule has 0 radical (unpaired) electrons. The number of aromatic nitrogens is 2. The molecule has 1 aliphatic heterocycles. The summed E-state index contributed by atoms with van der Waals surface area (Å²) < 4.78 is 8.07. The smallest absolute Gasteiger partial charge is 0.128 e. The van der Waals surface area contributed by atoms with Gasteiger partial charge in [0.2, 0.25) is 0 Å². The SMILES string of the molecule is CC(Cl)c1nc2cccc(Cl)c2n1C1CCOC(C)(C)C1. The Morgan fingerprint density at radius 1 is 1.43 bits per heavy atom. The Labute approximate surface area is 135 Å². The van der Waals surface area contributed by atoms with Crippen LogP contribution in [0.4, 0.5) is 0 Å². The molecule has 1 saturated heterocycles. The minimum atomic E-state index is -0.153. The van der Waals surface area contributed by atoms with Gasteiger partial charge in [0.15, 0.2) is 0 Å². The van der Waals surface area contributed by atoms with Crippen molar-refractivity contribution in [3.63, 3.8) is 0 Å². The Kier molecular flexibility index (Phi) is 3.93. The van der Waals surface area contributed by atoms with Gasteiger partial charge >= 0.3 is 0 Å². The monoisotopic (exact) mass is 326 g/mol. The van der Waals surface area contributed by atoms with E-state index in [4.69, 9.17) is 32.9 Å². The first-order valence-corrected chi connectivity index (χ1v) is 8.15. The van der Waals surface area contributed by atoms with Gasteiger partial charge in [-0.1, -0.05) is 17.7 Å². The van der Waals surface area contributed by atoms with Crippen LogP contribution in [0.2, 0.25) is 5.02 Å². The van der Waals surface area contributed by atoms with E-state index in [0.717, 1.165) is 41.3 Å². The number of rotatable bonds is 2. The van der Waals surface area contributed by atoms with Crippen molar-refractivity contribution in [1.82, 2.24) is 9.55 Å². The Morgan fingerprint density at radius 2 is 2.19 bits per heavy atom. The van der Waals surface area contributed by atoms with Gasteiger partial charge in [0.1, 0.15) is 5.82 Å². The van der Waals surface area contributed by atoms with Crippen LogP contribution in [0.25, 0.3) is 11.0 Å². The number of imidazole rings is 1. The summed E-state index contributed by atoms with van der Waals surface area (Å²) in [6.45, 7) is 6.96. The van der Waals surface area contributed by atoms with Crippen LogP contribution in [0.3, 0.4) is 0 Å². The molecule has 1 aromatic heterocycles. The van der Waals surface area contributed by atoms with Crippen LogP contribution in [-0.4, -0.2) is 21.8 Å². The van der Waals surface area contributed by atoms with Crippen molar-refractivity contribution in [2.24, 2.45) is 0 Å². The lowest BCUT2D eigenvalue weighted by Gasteiger charge is -2.37. The lowest BCUT2D eigenvalue weighted by molar-refractivity contribution is -0.0688. The average molecular weight is 327 g/mol. The molecular formula is C16H20Cl2N2O. The molecule has 0 spiro atoms. The fourth-order valence-electron chi connectivity index (χ4n) is 3.19. The van der Waals surface area contributed by atoms with Gasteiger partial charge < -0.3 is 9.30 Å². The number of hydrogen-bond acceptors (Lipinski definition) is 2. The molecule has 5 heteroatoms. The van der Waals surface area contributed by atoms with Gasteiger partial charge in [-0.25, -0.2) is 4.98 Å². The summed E-state index contributed by atoms with van der Waals surface area (Å²) in [5.41, 5.74) is 1.77. The molecule has 2 heterocycles. The highest BCUT2D eigenvalue weighted by Crippen LogP contribution is 2.39. The number of ether oxygens (including phenoxy) is 1. The van der Waals surface area contributed by atoms with E-state index < -0.39 is 0 Å². The third kappa shape index (κ3) is 2.79. The second-order valence-electron chi connectivity index (χ2n) is 6.32. The highest BCUT2D eigenvalue weighted by Gasteiger charge is 2.32. The maximum absolute atomic E-state index is 6.44. The van der Waals surface area contributed by atoms with Crippen LogP contribution in [-0.2, 0) is 4.74 Å². The fraction of sp³-hybridized carbons (Fsp3) is 0.562. The Morgan fingerprint density at radius 3 is 2.86 bits per heavy atom. The van der Waals surface area contributed by atoms with Gasteiger partial charge in [0.25, 0.3) is 0 Å². The van der Waals surface area contributed by atoms with Crippen LogP contribution >= 0.6 is 23.2 Å². The Bertz CT molecular complexity index is 664. The Hall–Kier alpha value is -0.770. The molecular weight excluding hydrogens is 307 g/mol. The summed E-state index contributed by atoms with van der Waals surface area (Å²) in [7, 11) is 0. The fourth-order valence-corrected chi connectivity index (χ4v) is 3.61. The summed E-state index contributed by atoms with van der Waals surface area (Å²) >= 11 is 12.8. The van der Waals surface area contributed by atoms with E-state index in [1.165, 1.54) is 0 Å². The maximum Gasteiger partial charge on any atom is 0.128 e. The molecule has 0 amide bonds. The Balaban J connectivity index is 2.17. The summed E-state index contributed by atoms with van der Waals surface area (Å²) in [6, 6.07) is 6.15. The second-order valence-corrected chi connectivity index (χ2v) is 7.38. The minimum absolute atomic E-state index is 0.131. The first kappa shape index (κ1) is 15.1. The minimum Gasteiger partial charge on any atom is -0.375 e. The largest absolute Gasteiger partial charge is 0.375 e. The van der Waals surface area contributed by atoms with Gasteiger partial charge in [0, 0.05) is 12.6 Å². The number of halogens is 2. The topological polar surface area (TPSA) is 27.1 Å². The molecule has 2 aromatic rings. The van der Waals surface area contributed by atoms with E-state index in [-0.39, 0.29) is 11.0 Å². The van der Waals surface area contributed by atoms with Crippen molar-refractivity contribution in [1.29, 1.82) is 0 Å². The number of hydrogen-bond donors (Lipinski definition) is 0. The number of benzene rings is 1. The summed E-state index contributed by atoms with van der Waals surface area (Å²) in [5, 5.41) is 0.576. The lowest BCUT2D eigenvalue weighted by Crippen LogP contribution is -2.35. The summed E-state index contributed by atoms with van der Waals surface area (Å²) in [6.07, 6.45) is 1.89. The first-order valence-electron chi connectivity index (χ1n) is 7.33.